The number of esters is 2. The van der Waals surface area contributed by atoms with Gasteiger partial charge in [-0.25, -0.2) is 4.79 Å². The molecule has 25 heavy (non-hydrogen) atoms. The molecule has 138 valence electrons. The molecule has 1 aliphatic rings. The Labute approximate surface area is 147 Å². The Morgan fingerprint density at radius 1 is 1.12 bits per heavy atom. The van der Waals surface area contributed by atoms with Gasteiger partial charge in [-0.15, -0.1) is 0 Å². The van der Waals surface area contributed by atoms with E-state index >= 15 is 0 Å². The summed E-state index contributed by atoms with van der Waals surface area (Å²) in [5.74, 6) is -0.996. The van der Waals surface area contributed by atoms with Crippen LogP contribution in [0.4, 0.5) is 0 Å². The predicted octanol–water partition coefficient (Wildman–Crippen LogP) is 1.94. The van der Waals surface area contributed by atoms with Gasteiger partial charge in [-0.2, -0.15) is 0 Å². The fourth-order valence-corrected chi connectivity index (χ4v) is 2.63. The minimum absolute atomic E-state index is 0.105. The number of hydrogen-bond acceptors (Lipinski definition) is 7. The van der Waals surface area contributed by atoms with Crippen molar-refractivity contribution in [3.63, 3.8) is 0 Å². The van der Waals surface area contributed by atoms with Crippen LogP contribution in [0.1, 0.15) is 31.1 Å². The monoisotopic (exact) mass is 352 g/mol. The molecule has 3 atom stereocenters. The molecule has 1 aromatic carbocycles. The third-order valence-electron chi connectivity index (χ3n) is 3.64. The minimum Gasteiger partial charge on any atom is -0.456 e. The summed E-state index contributed by atoms with van der Waals surface area (Å²) < 4.78 is 27.6. The Morgan fingerprint density at radius 2 is 1.76 bits per heavy atom. The van der Waals surface area contributed by atoms with Gasteiger partial charge in [0.25, 0.3) is 0 Å². The summed E-state index contributed by atoms with van der Waals surface area (Å²) in [7, 11) is 0. The van der Waals surface area contributed by atoms with Crippen molar-refractivity contribution in [2.75, 3.05) is 19.8 Å². The zero-order valence-electron chi connectivity index (χ0n) is 14.7. The standard InChI is InChI=1S/C18H24O7/c1-4-21-18(22-5-2)16-15(14(11-23-16)24-12(3)19)25-17(20)13-9-7-6-8-10-13/h6-10,14-16,18H,4-5,11H2,1-3H3/t14-,15+,16-/m1/s1. The van der Waals surface area contributed by atoms with Crippen molar-refractivity contribution in [1.82, 2.24) is 0 Å². The van der Waals surface area contributed by atoms with Crippen molar-refractivity contribution >= 4 is 11.9 Å². The fourth-order valence-electron chi connectivity index (χ4n) is 2.63. The molecular formula is C18H24O7. The van der Waals surface area contributed by atoms with Gasteiger partial charge < -0.3 is 23.7 Å². The maximum Gasteiger partial charge on any atom is 0.338 e. The first-order valence-electron chi connectivity index (χ1n) is 8.34. The Bertz CT molecular complexity index is 554. The molecule has 2 rings (SSSR count). The second-order valence-electron chi connectivity index (χ2n) is 5.46. The summed E-state index contributed by atoms with van der Waals surface area (Å²) in [6, 6.07) is 8.59. The summed E-state index contributed by atoms with van der Waals surface area (Å²) >= 11 is 0. The van der Waals surface area contributed by atoms with Gasteiger partial charge in [-0.3, -0.25) is 4.79 Å². The smallest absolute Gasteiger partial charge is 0.338 e. The fraction of sp³-hybridized carbons (Fsp3) is 0.556. The van der Waals surface area contributed by atoms with E-state index in [-0.39, 0.29) is 6.61 Å². The van der Waals surface area contributed by atoms with E-state index in [4.69, 9.17) is 23.7 Å². The lowest BCUT2D eigenvalue weighted by Gasteiger charge is -2.28. The highest BCUT2D eigenvalue weighted by molar-refractivity contribution is 5.89. The molecule has 1 saturated heterocycles. The highest BCUT2D eigenvalue weighted by Crippen LogP contribution is 2.26. The quantitative estimate of drug-likeness (QED) is 0.522. The maximum atomic E-state index is 12.4. The van der Waals surface area contributed by atoms with E-state index in [2.05, 4.69) is 0 Å². The molecule has 0 amide bonds. The zero-order valence-corrected chi connectivity index (χ0v) is 14.7. The van der Waals surface area contributed by atoms with Gasteiger partial charge in [0.05, 0.1) is 12.2 Å². The highest BCUT2D eigenvalue weighted by Gasteiger charge is 2.47. The number of carbonyl (C=O) groups is 2. The second kappa shape index (κ2) is 9.50. The van der Waals surface area contributed by atoms with Gasteiger partial charge in [0, 0.05) is 20.1 Å². The topological polar surface area (TPSA) is 80.3 Å². The molecule has 0 aliphatic carbocycles. The van der Waals surface area contributed by atoms with Crippen molar-refractivity contribution in [2.45, 2.75) is 45.4 Å². The number of ether oxygens (including phenoxy) is 5. The third kappa shape index (κ3) is 5.26. The van der Waals surface area contributed by atoms with E-state index < -0.39 is 36.5 Å². The van der Waals surface area contributed by atoms with Crippen LogP contribution >= 0.6 is 0 Å². The summed E-state index contributed by atoms with van der Waals surface area (Å²) in [4.78, 5) is 23.8. The molecular weight excluding hydrogens is 328 g/mol. The Balaban J connectivity index is 2.17. The Kier molecular flexibility index (Phi) is 7.36. The van der Waals surface area contributed by atoms with E-state index in [1.165, 1.54) is 6.92 Å². The maximum absolute atomic E-state index is 12.4. The first-order valence-corrected chi connectivity index (χ1v) is 8.34. The first kappa shape index (κ1) is 19.4. The average molecular weight is 352 g/mol. The lowest BCUT2D eigenvalue weighted by molar-refractivity contribution is -0.208. The van der Waals surface area contributed by atoms with Crippen molar-refractivity contribution in [3.05, 3.63) is 35.9 Å². The molecule has 0 unspecified atom stereocenters. The van der Waals surface area contributed by atoms with Crippen molar-refractivity contribution in [2.24, 2.45) is 0 Å². The summed E-state index contributed by atoms with van der Waals surface area (Å²) in [5, 5.41) is 0. The van der Waals surface area contributed by atoms with Crippen molar-refractivity contribution in [3.8, 4) is 0 Å². The number of carbonyl (C=O) groups excluding carboxylic acids is 2. The number of rotatable bonds is 8. The SMILES string of the molecule is CCOC(OCC)[C@@H]1OC[C@@H](OC(C)=O)[C@@H]1OC(=O)c1ccccc1. The van der Waals surface area contributed by atoms with Crippen molar-refractivity contribution in [1.29, 1.82) is 0 Å². The molecule has 0 spiro atoms. The van der Waals surface area contributed by atoms with Gasteiger partial charge in [-0.1, -0.05) is 18.2 Å². The Morgan fingerprint density at radius 3 is 2.32 bits per heavy atom. The highest BCUT2D eigenvalue weighted by atomic mass is 16.7. The van der Waals surface area contributed by atoms with Crippen LogP contribution in [0.15, 0.2) is 30.3 Å². The van der Waals surface area contributed by atoms with Crippen LogP contribution in [0.2, 0.25) is 0 Å². The van der Waals surface area contributed by atoms with Crippen LogP contribution in [0.25, 0.3) is 0 Å². The van der Waals surface area contributed by atoms with Crippen LogP contribution in [0.3, 0.4) is 0 Å². The zero-order chi connectivity index (χ0) is 18.2. The third-order valence-corrected chi connectivity index (χ3v) is 3.64. The molecule has 0 N–H and O–H groups in total. The van der Waals surface area contributed by atoms with Gasteiger partial charge >= 0.3 is 11.9 Å². The van der Waals surface area contributed by atoms with Crippen molar-refractivity contribution < 1.29 is 33.3 Å². The summed E-state index contributed by atoms with van der Waals surface area (Å²) in [5.41, 5.74) is 0.402. The lowest BCUT2D eigenvalue weighted by atomic mass is 10.1. The molecule has 1 fully saturated rings. The average Bonchev–Trinajstić information content (AvgIpc) is 2.97. The van der Waals surface area contributed by atoms with Crippen LogP contribution in [0, 0.1) is 0 Å². The summed E-state index contributed by atoms with van der Waals surface area (Å²) in [6.45, 7) is 5.87. The van der Waals surface area contributed by atoms with E-state index in [0.29, 0.717) is 18.8 Å². The molecule has 0 saturated carbocycles. The van der Waals surface area contributed by atoms with E-state index in [0.717, 1.165) is 0 Å². The molecule has 0 bridgehead atoms. The van der Waals surface area contributed by atoms with Gasteiger partial charge in [0.15, 0.2) is 18.5 Å². The normalized spacial score (nSPS) is 22.8. The largest absolute Gasteiger partial charge is 0.456 e. The van der Waals surface area contributed by atoms with E-state index in [9.17, 15) is 9.59 Å². The Hall–Kier alpha value is -1.96. The molecule has 0 radical (unpaired) electrons. The molecule has 0 aromatic heterocycles. The van der Waals surface area contributed by atoms with Gasteiger partial charge in [-0.05, 0) is 26.0 Å². The molecule has 1 aromatic rings. The van der Waals surface area contributed by atoms with Crippen LogP contribution < -0.4 is 0 Å². The number of benzene rings is 1. The first-order chi connectivity index (χ1) is 12.1. The molecule has 7 nitrogen and oxygen atoms in total. The minimum atomic E-state index is -0.820. The lowest BCUT2D eigenvalue weighted by Crippen LogP contribution is -2.45. The van der Waals surface area contributed by atoms with Crippen LogP contribution in [-0.2, 0) is 28.5 Å². The van der Waals surface area contributed by atoms with Gasteiger partial charge in [0.2, 0.25) is 0 Å². The second-order valence-corrected chi connectivity index (χ2v) is 5.46. The molecule has 7 heteroatoms. The van der Waals surface area contributed by atoms with Crippen LogP contribution in [0.5, 0.6) is 0 Å². The predicted molar refractivity (Wildman–Crippen MR) is 88.0 cm³/mol. The van der Waals surface area contributed by atoms with Crippen LogP contribution in [-0.4, -0.2) is 56.4 Å². The summed E-state index contributed by atoms with van der Waals surface area (Å²) in [6.07, 6.45) is -2.93. The van der Waals surface area contributed by atoms with E-state index in [1.54, 1.807) is 30.3 Å². The molecule has 1 heterocycles. The molecule has 1 aliphatic heterocycles. The number of hydrogen-bond donors (Lipinski definition) is 0. The van der Waals surface area contributed by atoms with E-state index in [1.807, 2.05) is 13.8 Å². The van der Waals surface area contributed by atoms with Gasteiger partial charge in [0.1, 0.15) is 6.10 Å².